The van der Waals surface area contributed by atoms with Gasteiger partial charge >= 0.3 is 0 Å². The fourth-order valence-corrected chi connectivity index (χ4v) is 1.99. The van der Waals surface area contributed by atoms with Crippen molar-refractivity contribution in [2.24, 2.45) is 5.92 Å². The van der Waals surface area contributed by atoms with Crippen LogP contribution in [0.5, 0.6) is 0 Å². The van der Waals surface area contributed by atoms with Crippen molar-refractivity contribution in [3.8, 4) is 0 Å². The molecule has 0 unspecified atom stereocenters. The van der Waals surface area contributed by atoms with E-state index in [4.69, 9.17) is 0 Å². The van der Waals surface area contributed by atoms with Crippen molar-refractivity contribution >= 4 is 29.1 Å². The van der Waals surface area contributed by atoms with Crippen molar-refractivity contribution in [2.45, 2.75) is 13.8 Å². The lowest BCUT2D eigenvalue weighted by molar-refractivity contribution is -0.119. The van der Waals surface area contributed by atoms with E-state index in [9.17, 15) is 18.8 Å². The second kappa shape index (κ2) is 8.75. The van der Waals surface area contributed by atoms with Crippen LogP contribution in [-0.4, -0.2) is 24.3 Å². The Hall–Kier alpha value is -3.22. The number of halogens is 1. The minimum atomic E-state index is -0.466. The zero-order valence-corrected chi connectivity index (χ0v) is 14.5. The van der Waals surface area contributed by atoms with Gasteiger partial charge in [0.1, 0.15) is 5.82 Å². The number of amides is 3. The van der Waals surface area contributed by atoms with Gasteiger partial charge in [-0.25, -0.2) is 4.39 Å². The summed E-state index contributed by atoms with van der Waals surface area (Å²) in [7, 11) is 0. The molecule has 26 heavy (non-hydrogen) atoms. The molecule has 0 fully saturated rings. The third-order valence-electron chi connectivity index (χ3n) is 3.48. The molecule has 0 saturated heterocycles. The number of hydrogen-bond acceptors (Lipinski definition) is 3. The molecule has 0 radical (unpaired) electrons. The number of benzene rings is 2. The fourth-order valence-electron chi connectivity index (χ4n) is 1.99. The molecule has 7 heteroatoms. The summed E-state index contributed by atoms with van der Waals surface area (Å²) in [5.41, 5.74) is 1.43. The van der Waals surface area contributed by atoms with Gasteiger partial charge in [0.25, 0.3) is 5.91 Å². The third-order valence-corrected chi connectivity index (χ3v) is 3.48. The first-order chi connectivity index (χ1) is 12.3. The highest BCUT2D eigenvalue weighted by molar-refractivity contribution is 5.99. The lowest BCUT2D eigenvalue weighted by atomic mass is 10.2. The summed E-state index contributed by atoms with van der Waals surface area (Å²) < 4.78 is 12.8. The Kier molecular flexibility index (Phi) is 6.43. The molecule has 0 saturated carbocycles. The van der Waals surface area contributed by atoms with E-state index < -0.39 is 17.6 Å². The molecule has 3 N–H and O–H groups in total. The van der Waals surface area contributed by atoms with Crippen LogP contribution >= 0.6 is 0 Å². The van der Waals surface area contributed by atoms with Crippen molar-refractivity contribution < 1.29 is 18.8 Å². The topological polar surface area (TPSA) is 87.3 Å². The lowest BCUT2D eigenvalue weighted by Gasteiger charge is -2.10. The number of carbonyl (C=O) groups excluding carboxylic acids is 3. The van der Waals surface area contributed by atoms with Crippen LogP contribution in [0.3, 0.4) is 0 Å². The summed E-state index contributed by atoms with van der Waals surface area (Å²) in [5.74, 6) is -1.52. The molecule has 0 spiro atoms. The van der Waals surface area contributed by atoms with Gasteiger partial charge in [0.2, 0.25) is 11.8 Å². The zero-order chi connectivity index (χ0) is 19.1. The second-order valence-corrected chi connectivity index (χ2v) is 5.96. The first kappa shape index (κ1) is 19.1. The molecule has 0 aliphatic carbocycles. The molecule has 2 rings (SSSR count). The SMILES string of the molecule is CC(C)C(=O)Nc1ccc(NC(=O)CNC(=O)c2ccc(F)cc2)cc1. The van der Waals surface area contributed by atoms with E-state index in [1.807, 2.05) is 0 Å². The average Bonchev–Trinajstić information content (AvgIpc) is 2.62. The van der Waals surface area contributed by atoms with Gasteiger partial charge in [-0.2, -0.15) is 0 Å². The van der Waals surface area contributed by atoms with Gasteiger partial charge in [-0.3, -0.25) is 14.4 Å². The maximum Gasteiger partial charge on any atom is 0.251 e. The van der Waals surface area contributed by atoms with Gasteiger partial charge in [0.15, 0.2) is 0 Å². The highest BCUT2D eigenvalue weighted by Crippen LogP contribution is 2.14. The molecule has 0 heterocycles. The summed E-state index contributed by atoms with van der Waals surface area (Å²) in [4.78, 5) is 35.4. The van der Waals surface area contributed by atoms with Gasteiger partial charge in [-0.05, 0) is 48.5 Å². The van der Waals surface area contributed by atoms with Gasteiger partial charge in [0, 0.05) is 22.9 Å². The minimum Gasteiger partial charge on any atom is -0.343 e. The zero-order valence-electron chi connectivity index (χ0n) is 14.5. The van der Waals surface area contributed by atoms with E-state index >= 15 is 0 Å². The summed E-state index contributed by atoms with van der Waals surface area (Å²) in [6.07, 6.45) is 0. The summed E-state index contributed by atoms with van der Waals surface area (Å²) in [5, 5.41) is 7.84. The van der Waals surface area contributed by atoms with Crippen molar-refractivity contribution in [1.29, 1.82) is 0 Å². The number of carbonyl (C=O) groups is 3. The highest BCUT2D eigenvalue weighted by Gasteiger charge is 2.09. The molecule has 0 aliphatic rings. The molecule has 2 aromatic carbocycles. The van der Waals surface area contributed by atoms with Crippen LogP contribution in [-0.2, 0) is 9.59 Å². The Morgan fingerprint density at radius 1 is 0.885 bits per heavy atom. The van der Waals surface area contributed by atoms with Crippen molar-refractivity contribution in [2.75, 3.05) is 17.2 Å². The molecular weight excluding hydrogens is 337 g/mol. The van der Waals surface area contributed by atoms with Crippen molar-refractivity contribution in [1.82, 2.24) is 5.32 Å². The van der Waals surface area contributed by atoms with E-state index in [0.29, 0.717) is 11.4 Å². The van der Waals surface area contributed by atoms with E-state index in [1.54, 1.807) is 38.1 Å². The first-order valence-corrected chi connectivity index (χ1v) is 8.09. The quantitative estimate of drug-likeness (QED) is 0.743. The number of hydrogen-bond donors (Lipinski definition) is 3. The van der Waals surface area contributed by atoms with Crippen LogP contribution in [0.2, 0.25) is 0 Å². The summed E-state index contributed by atoms with van der Waals surface area (Å²) in [6, 6.07) is 11.7. The molecule has 3 amide bonds. The van der Waals surface area contributed by atoms with Crippen LogP contribution in [0.1, 0.15) is 24.2 Å². The summed E-state index contributed by atoms with van der Waals surface area (Å²) >= 11 is 0. The maximum atomic E-state index is 12.8. The second-order valence-electron chi connectivity index (χ2n) is 5.96. The standard InChI is InChI=1S/C19H20FN3O3/c1-12(2)18(25)23-16-9-7-15(8-10-16)22-17(24)11-21-19(26)13-3-5-14(20)6-4-13/h3-10,12H,11H2,1-2H3,(H,21,26)(H,22,24)(H,23,25). The monoisotopic (exact) mass is 357 g/mol. The Bertz CT molecular complexity index is 787. The smallest absolute Gasteiger partial charge is 0.251 e. The Morgan fingerprint density at radius 2 is 1.42 bits per heavy atom. The maximum absolute atomic E-state index is 12.8. The fraction of sp³-hybridized carbons (Fsp3) is 0.211. The number of rotatable bonds is 6. The van der Waals surface area contributed by atoms with E-state index in [2.05, 4.69) is 16.0 Å². The Morgan fingerprint density at radius 3 is 1.96 bits per heavy atom. The average molecular weight is 357 g/mol. The van der Waals surface area contributed by atoms with Crippen LogP contribution in [0.4, 0.5) is 15.8 Å². The van der Waals surface area contributed by atoms with Crippen molar-refractivity contribution in [3.63, 3.8) is 0 Å². The van der Waals surface area contributed by atoms with E-state index in [-0.39, 0.29) is 23.9 Å². The molecule has 0 aliphatic heterocycles. The predicted octanol–water partition coefficient (Wildman–Crippen LogP) is 2.79. The highest BCUT2D eigenvalue weighted by atomic mass is 19.1. The van der Waals surface area contributed by atoms with Gasteiger partial charge in [-0.1, -0.05) is 13.8 Å². The third kappa shape index (κ3) is 5.70. The molecule has 136 valence electrons. The molecule has 0 atom stereocenters. The molecule has 0 bridgehead atoms. The van der Waals surface area contributed by atoms with Gasteiger partial charge < -0.3 is 16.0 Å². The van der Waals surface area contributed by atoms with E-state index in [1.165, 1.54) is 24.3 Å². The largest absolute Gasteiger partial charge is 0.343 e. The van der Waals surface area contributed by atoms with Crippen LogP contribution in [0, 0.1) is 11.7 Å². The summed E-state index contributed by atoms with van der Waals surface area (Å²) in [6.45, 7) is 3.37. The number of nitrogens with one attached hydrogen (secondary N) is 3. The van der Waals surface area contributed by atoms with Crippen LogP contribution in [0.25, 0.3) is 0 Å². The van der Waals surface area contributed by atoms with Crippen LogP contribution in [0.15, 0.2) is 48.5 Å². The van der Waals surface area contributed by atoms with Gasteiger partial charge in [-0.15, -0.1) is 0 Å². The molecule has 2 aromatic rings. The van der Waals surface area contributed by atoms with Gasteiger partial charge in [0.05, 0.1) is 6.54 Å². The van der Waals surface area contributed by atoms with Crippen molar-refractivity contribution in [3.05, 3.63) is 59.9 Å². The minimum absolute atomic E-state index is 0.0923. The molecule has 0 aromatic heterocycles. The Labute approximate surface area is 150 Å². The lowest BCUT2D eigenvalue weighted by Crippen LogP contribution is -2.32. The first-order valence-electron chi connectivity index (χ1n) is 8.09. The van der Waals surface area contributed by atoms with E-state index in [0.717, 1.165) is 0 Å². The number of anilines is 2. The molecule has 6 nitrogen and oxygen atoms in total. The molecular formula is C19H20FN3O3. The van der Waals surface area contributed by atoms with Crippen LogP contribution < -0.4 is 16.0 Å². The predicted molar refractivity (Wildman–Crippen MR) is 97.3 cm³/mol. The Balaban J connectivity index is 1.83. The normalized spacial score (nSPS) is 10.3.